The lowest BCUT2D eigenvalue weighted by Gasteiger charge is -2.33. The van der Waals surface area contributed by atoms with E-state index in [1.165, 1.54) is 31.8 Å². The van der Waals surface area contributed by atoms with Crippen LogP contribution in [0.2, 0.25) is 0 Å². The van der Waals surface area contributed by atoms with E-state index in [0.717, 1.165) is 17.7 Å². The minimum absolute atomic E-state index is 0.614. The van der Waals surface area contributed by atoms with Crippen molar-refractivity contribution in [2.75, 3.05) is 31.9 Å². The van der Waals surface area contributed by atoms with Gasteiger partial charge in [-0.25, -0.2) is 0 Å². The van der Waals surface area contributed by atoms with E-state index >= 15 is 0 Å². The van der Waals surface area contributed by atoms with Crippen LogP contribution in [0.3, 0.4) is 0 Å². The molecule has 1 aliphatic heterocycles. The van der Waals surface area contributed by atoms with E-state index < -0.39 is 0 Å². The fourth-order valence-corrected chi connectivity index (χ4v) is 3.38. The molecule has 0 aliphatic carbocycles. The molecule has 16 heavy (non-hydrogen) atoms. The third-order valence-corrected chi connectivity index (χ3v) is 4.49. The van der Waals surface area contributed by atoms with E-state index in [9.17, 15) is 0 Å². The molecule has 0 aromatic rings. The highest BCUT2D eigenvalue weighted by Gasteiger charge is 2.20. The smallest absolute Gasteiger partial charge is 0.0172 e. The first-order chi connectivity index (χ1) is 7.61. The number of rotatable bonds is 6. The van der Waals surface area contributed by atoms with Crippen LogP contribution in [0, 0.1) is 5.92 Å². The molecular formula is C13H28N2S. The molecule has 0 bridgehead atoms. The normalized spacial score (nSPS) is 24.9. The summed E-state index contributed by atoms with van der Waals surface area (Å²) in [5.41, 5.74) is 0. The first-order valence-corrected chi connectivity index (χ1v) is 7.74. The van der Waals surface area contributed by atoms with E-state index in [0.29, 0.717) is 6.04 Å². The van der Waals surface area contributed by atoms with Crippen LogP contribution in [0.4, 0.5) is 0 Å². The second-order valence-electron chi connectivity index (χ2n) is 5.33. The van der Waals surface area contributed by atoms with Crippen LogP contribution in [-0.2, 0) is 0 Å². The molecule has 1 N–H and O–H groups in total. The van der Waals surface area contributed by atoms with Crippen LogP contribution in [0.15, 0.2) is 0 Å². The second kappa shape index (κ2) is 7.57. The number of nitrogens with one attached hydrogen (secondary N) is 1. The van der Waals surface area contributed by atoms with Crippen molar-refractivity contribution in [1.82, 2.24) is 10.2 Å². The van der Waals surface area contributed by atoms with Gasteiger partial charge in [0.05, 0.1) is 0 Å². The Hall–Kier alpha value is 0.270. The summed E-state index contributed by atoms with van der Waals surface area (Å²) in [5, 5.41) is 4.40. The Morgan fingerprint density at radius 3 is 2.75 bits per heavy atom. The molecule has 2 unspecified atom stereocenters. The molecule has 1 aliphatic rings. The number of hydrogen-bond acceptors (Lipinski definition) is 3. The van der Waals surface area contributed by atoms with Gasteiger partial charge in [-0.1, -0.05) is 27.7 Å². The van der Waals surface area contributed by atoms with Gasteiger partial charge < -0.3 is 10.2 Å². The Kier molecular flexibility index (Phi) is 6.78. The Balaban J connectivity index is 2.19. The summed E-state index contributed by atoms with van der Waals surface area (Å²) < 4.78 is 0. The molecular weight excluding hydrogens is 216 g/mol. The number of hydrogen-bond donors (Lipinski definition) is 1. The van der Waals surface area contributed by atoms with Gasteiger partial charge in [0, 0.05) is 36.7 Å². The van der Waals surface area contributed by atoms with Gasteiger partial charge in [-0.15, -0.1) is 0 Å². The number of nitrogens with zero attached hydrogens (tertiary/aromatic N) is 1. The fraction of sp³-hybridized carbons (Fsp3) is 1.00. The Bertz CT molecular complexity index is 185. The van der Waals surface area contributed by atoms with Crippen LogP contribution < -0.4 is 5.32 Å². The zero-order valence-corrected chi connectivity index (χ0v) is 12.1. The average Bonchev–Trinajstić information content (AvgIpc) is 2.26. The lowest BCUT2D eigenvalue weighted by Crippen LogP contribution is -2.42. The maximum Gasteiger partial charge on any atom is 0.0172 e. The topological polar surface area (TPSA) is 15.3 Å². The molecule has 0 radical (unpaired) electrons. The van der Waals surface area contributed by atoms with Gasteiger partial charge in [0.25, 0.3) is 0 Å². The van der Waals surface area contributed by atoms with Crippen molar-refractivity contribution in [1.29, 1.82) is 0 Å². The molecule has 1 saturated heterocycles. The Morgan fingerprint density at radius 1 is 1.38 bits per heavy atom. The Morgan fingerprint density at radius 2 is 2.12 bits per heavy atom. The molecule has 1 fully saturated rings. The standard InChI is InChI=1S/C13H28N2S/c1-5-13-10-15(6-7-16-13)9-12(4)8-14-11(2)3/h11-14H,5-10H2,1-4H3. The highest BCUT2D eigenvalue weighted by Crippen LogP contribution is 2.21. The molecule has 0 saturated carbocycles. The molecule has 1 heterocycles. The molecule has 0 aromatic heterocycles. The van der Waals surface area contributed by atoms with Crippen molar-refractivity contribution in [2.45, 2.75) is 45.4 Å². The average molecular weight is 244 g/mol. The summed E-state index contributed by atoms with van der Waals surface area (Å²) in [4.78, 5) is 2.65. The summed E-state index contributed by atoms with van der Waals surface area (Å²) in [6.45, 7) is 14.1. The molecule has 0 amide bonds. The molecule has 2 atom stereocenters. The summed E-state index contributed by atoms with van der Waals surface area (Å²) in [7, 11) is 0. The second-order valence-corrected chi connectivity index (χ2v) is 6.74. The van der Waals surface area contributed by atoms with Crippen LogP contribution >= 0.6 is 11.8 Å². The fourth-order valence-electron chi connectivity index (χ4n) is 2.14. The molecule has 2 nitrogen and oxygen atoms in total. The van der Waals surface area contributed by atoms with Gasteiger partial charge in [-0.05, 0) is 18.9 Å². The van der Waals surface area contributed by atoms with Crippen molar-refractivity contribution in [3.8, 4) is 0 Å². The van der Waals surface area contributed by atoms with Crippen molar-refractivity contribution in [2.24, 2.45) is 5.92 Å². The predicted octanol–water partition coefficient (Wildman–Crippen LogP) is 2.45. The quantitative estimate of drug-likeness (QED) is 0.772. The summed E-state index contributed by atoms with van der Waals surface area (Å²) in [5.74, 6) is 2.09. The van der Waals surface area contributed by atoms with Crippen molar-refractivity contribution in [3.63, 3.8) is 0 Å². The SMILES string of the molecule is CCC1CN(CC(C)CNC(C)C)CCS1. The first kappa shape index (κ1) is 14.3. The maximum absolute atomic E-state index is 3.53. The van der Waals surface area contributed by atoms with Crippen molar-refractivity contribution in [3.05, 3.63) is 0 Å². The predicted molar refractivity (Wildman–Crippen MR) is 75.3 cm³/mol. The number of thioether (sulfide) groups is 1. The monoisotopic (exact) mass is 244 g/mol. The van der Waals surface area contributed by atoms with Crippen LogP contribution in [0.25, 0.3) is 0 Å². The summed E-state index contributed by atoms with van der Waals surface area (Å²) >= 11 is 2.15. The van der Waals surface area contributed by atoms with Crippen LogP contribution in [-0.4, -0.2) is 48.1 Å². The zero-order chi connectivity index (χ0) is 12.0. The van der Waals surface area contributed by atoms with Crippen molar-refractivity contribution < 1.29 is 0 Å². The minimum atomic E-state index is 0.614. The van der Waals surface area contributed by atoms with Gasteiger partial charge in [0.15, 0.2) is 0 Å². The molecule has 96 valence electrons. The lowest BCUT2D eigenvalue weighted by atomic mass is 10.1. The van der Waals surface area contributed by atoms with Gasteiger partial charge in [0.1, 0.15) is 0 Å². The van der Waals surface area contributed by atoms with Gasteiger partial charge in [-0.2, -0.15) is 11.8 Å². The van der Waals surface area contributed by atoms with E-state index in [1.807, 2.05) is 0 Å². The largest absolute Gasteiger partial charge is 0.314 e. The van der Waals surface area contributed by atoms with Crippen LogP contribution in [0.5, 0.6) is 0 Å². The molecule has 0 spiro atoms. The third-order valence-electron chi connectivity index (χ3n) is 3.12. The highest BCUT2D eigenvalue weighted by molar-refractivity contribution is 8.00. The van der Waals surface area contributed by atoms with E-state index in [4.69, 9.17) is 0 Å². The summed E-state index contributed by atoms with van der Waals surface area (Å²) in [6, 6.07) is 0.614. The van der Waals surface area contributed by atoms with E-state index in [1.54, 1.807) is 0 Å². The van der Waals surface area contributed by atoms with Gasteiger partial charge in [-0.3, -0.25) is 0 Å². The first-order valence-electron chi connectivity index (χ1n) is 6.69. The van der Waals surface area contributed by atoms with Crippen LogP contribution in [0.1, 0.15) is 34.1 Å². The van der Waals surface area contributed by atoms with Crippen molar-refractivity contribution >= 4 is 11.8 Å². The molecule has 0 aromatic carbocycles. The third kappa shape index (κ3) is 5.55. The zero-order valence-electron chi connectivity index (χ0n) is 11.3. The van der Waals surface area contributed by atoms with Gasteiger partial charge >= 0.3 is 0 Å². The minimum Gasteiger partial charge on any atom is -0.314 e. The highest BCUT2D eigenvalue weighted by atomic mass is 32.2. The lowest BCUT2D eigenvalue weighted by molar-refractivity contribution is 0.238. The molecule has 1 rings (SSSR count). The summed E-state index contributed by atoms with van der Waals surface area (Å²) in [6.07, 6.45) is 1.32. The maximum atomic E-state index is 3.53. The van der Waals surface area contributed by atoms with Gasteiger partial charge in [0.2, 0.25) is 0 Å². The Labute approximate surface area is 106 Å². The molecule has 3 heteroatoms. The van der Waals surface area contributed by atoms with E-state index in [-0.39, 0.29) is 0 Å². The van der Waals surface area contributed by atoms with E-state index in [2.05, 4.69) is 49.7 Å².